The second-order valence-electron chi connectivity index (χ2n) is 5.47. The summed E-state index contributed by atoms with van der Waals surface area (Å²) in [7, 11) is 0. The maximum Gasteiger partial charge on any atom is 0.0304 e. The SMILES string of the molecule is CCC1CNC(CC)(CC)CN1Cc1ccsc1. The molecule has 2 nitrogen and oxygen atoms in total. The van der Waals surface area contributed by atoms with Crippen molar-refractivity contribution in [1.29, 1.82) is 0 Å². The fourth-order valence-corrected chi connectivity index (χ4v) is 3.63. The summed E-state index contributed by atoms with van der Waals surface area (Å²) >= 11 is 1.81. The first-order valence-electron chi connectivity index (χ1n) is 7.23. The van der Waals surface area contributed by atoms with Crippen molar-refractivity contribution in [2.24, 2.45) is 0 Å². The molecule has 18 heavy (non-hydrogen) atoms. The van der Waals surface area contributed by atoms with Crippen molar-refractivity contribution in [1.82, 2.24) is 10.2 Å². The predicted molar refractivity (Wildman–Crippen MR) is 80.1 cm³/mol. The van der Waals surface area contributed by atoms with Crippen molar-refractivity contribution >= 4 is 11.3 Å². The van der Waals surface area contributed by atoms with Gasteiger partial charge in [0.15, 0.2) is 0 Å². The number of thiophene rings is 1. The Hall–Kier alpha value is -0.380. The van der Waals surface area contributed by atoms with Gasteiger partial charge in [0.05, 0.1) is 0 Å². The average Bonchev–Trinajstić information content (AvgIpc) is 2.91. The smallest absolute Gasteiger partial charge is 0.0304 e. The molecule has 0 bridgehead atoms. The first kappa shape index (κ1) is 14.0. The molecule has 0 spiro atoms. The molecule has 1 atom stereocenters. The van der Waals surface area contributed by atoms with Gasteiger partial charge < -0.3 is 5.32 Å². The van der Waals surface area contributed by atoms with Crippen molar-refractivity contribution in [3.8, 4) is 0 Å². The van der Waals surface area contributed by atoms with Crippen LogP contribution in [0.25, 0.3) is 0 Å². The minimum atomic E-state index is 0.335. The zero-order valence-electron chi connectivity index (χ0n) is 11.9. The van der Waals surface area contributed by atoms with Crippen LogP contribution >= 0.6 is 11.3 Å². The van der Waals surface area contributed by atoms with Gasteiger partial charge in [0.25, 0.3) is 0 Å². The maximum atomic E-state index is 3.80. The fourth-order valence-electron chi connectivity index (χ4n) is 2.97. The summed E-state index contributed by atoms with van der Waals surface area (Å²) in [5, 5.41) is 8.28. The Morgan fingerprint density at radius 2 is 2.17 bits per heavy atom. The van der Waals surface area contributed by atoms with Crippen molar-refractivity contribution < 1.29 is 0 Å². The van der Waals surface area contributed by atoms with Crippen LogP contribution in [-0.2, 0) is 6.54 Å². The highest BCUT2D eigenvalue weighted by Gasteiger charge is 2.35. The molecule has 0 radical (unpaired) electrons. The fraction of sp³-hybridized carbons (Fsp3) is 0.733. The topological polar surface area (TPSA) is 15.3 Å². The highest BCUT2D eigenvalue weighted by atomic mass is 32.1. The largest absolute Gasteiger partial charge is 0.308 e. The lowest BCUT2D eigenvalue weighted by Crippen LogP contribution is -2.63. The van der Waals surface area contributed by atoms with E-state index in [4.69, 9.17) is 0 Å². The van der Waals surface area contributed by atoms with Gasteiger partial charge in [-0.3, -0.25) is 4.90 Å². The molecule has 0 aliphatic carbocycles. The second kappa shape index (κ2) is 6.18. The molecular weight excluding hydrogens is 240 g/mol. The predicted octanol–water partition coefficient (Wildman–Crippen LogP) is 3.49. The van der Waals surface area contributed by atoms with Gasteiger partial charge in [-0.15, -0.1) is 0 Å². The summed E-state index contributed by atoms with van der Waals surface area (Å²) in [5.41, 5.74) is 1.81. The first-order chi connectivity index (χ1) is 8.73. The van der Waals surface area contributed by atoms with E-state index in [-0.39, 0.29) is 0 Å². The third-order valence-electron chi connectivity index (χ3n) is 4.53. The van der Waals surface area contributed by atoms with Crippen molar-refractivity contribution in [3.05, 3.63) is 22.4 Å². The summed E-state index contributed by atoms with van der Waals surface area (Å²) < 4.78 is 0. The highest BCUT2D eigenvalue weighted by molar-refractivity contribution is 7.07. The van der Waals surface area contributed by atoms with E-state index in [0.29, 0.717) is 11.6 Å². The number of nitrogens with one attached hydrogen (secondary N) is 1. The van der Waals surface area contributed by atoms with Gasteiger partial charge in [0.1, 0.15) is 0 Å². The Kier molecular flexibility index (Phi) is 4.82. The van der Waals surface area contributed by atoms with Gasteiger partial charge >= 0.3 is 0 Å². The van der Waals surface area contributed by atoms with Crippen molar-refractivity contribution in [2.75, 3.05) is 13.1 Å². The average molecular weight is 266 g/mol. The standard InChI is InChI=1S/C15H26N2S/c1-4-14-9-16-15(5-2,6-3)12-17(14)10-13-7-8-18-11-13/h7-8,11,14,16H,4-6,9-10,12H2,1-3H3. The van der Waals surface area contributed by atoms with Gasteiger partial charge in [-0.2, -0.15) is 11.3 Å². The van der Waals surface area contributed by atoms with Crippen LogP contribution in [0.4, 0.5) is 0 Å². The molecule has 1 fully saturated rings. The molecule has 1 aromatic rings. The van der Waals surface area contributed by atoms with E-state index >= 15 is 0 Å². The minimum absolute atomic E-state index is 0.335. The number of piperazine rings is 1. The van der Waals surface area contributed by atoms with E-state index in [2.05, 4.69) is 47.8 Å². The lowest BCUT2D eigenvalue weighted by molar-refractivity contribution is 0.0644. The van der Waals surface area contributed by atoms with Crippen LogP contribution in [0.5, 0.6) is 0 Å². The zero-order valence-corrected chi connectivity index (χ0v) is 12.7. The van der Waals surface area contributed by atoms with Crippen LogP contribution in [0.15, 0.2) is 16.8 Å². The molecule has 2 rings (SSSR count). The van der Waals surface area contributed by atoms with E-state index in [1.54, 1.807) is 11.3 Å². The van der Waals surface area contributed by atoms with Gasteiger partial charge in [-0.25, -0.2) is 0 Å². The van der Waals surface area contributed by atoms with E-state index in [0.717, 1.165) is 13.1 Å². The molecule has 0 amide bonds. The number of hydrogen-bond donors (Lipinski definition) is 1. The van der Waals surface area contributed by atoms with E-state index < -0.39 is 0 Å². The van der Waals surface area contributed by atoms with Crippen LogP contribution < -0.4 is 5.32 Å². The van der Waals surface area contributed by atoms with Crippen LogP contribution in [0.1, 0.15) is 45.6 Å². The zero-order chi connectivity index (χ0) is 13.0. The van der Waals surface area contributed by atoms with Gasteiger partial charge in [0.2, 0.25) is 0 Å². The van der Waals surface area contributed by atoms with Crippen LogP contribution in [0, 0.1) is 0 Å². The summed E-state index contributed by atoms with van der Waals surface area (Å²) in [4.78, 5) is 2.69. The third-order valence-corrected chi connectivity index (χ3v) is 5.26. The number of nitrogens with zero attached hydrogens (tertiary/aromatic N) is 1. The van der Waals surface area contributed by atoms with Crippen LogP contribution in [0.3, 0.4) is 0 Å². The lowest BCUT2D eigenvalue weighted by atomic mass is 9.88. The molecule has 1 N–H and O–H groups in total. The lowest BCUT2D eigenvalue weighted by Gasteiger charge is -2.47. The first-order valence-corrected chi connectivity index (χ1v) is 8.17. The molecule has 1 aromatic heterocycles. The summed E-state index contributed by atoms with van der Waals surface area (Å²) in [6, 6.07) is 2.95. The van der Waals surface area contributed by atoms with E-state index in [9.17, 15) is 0 Å². The molecule has 1 aliphatic rings. The molecule has 0 aromatic carbocycles. The quantitative estimate of drug-likeness (QED) is 0.877. The van der Waals surface area contributed by atoms with Crippen LogP contribution in [0.2, 0.25) is 0 Å². The Labute approximate surface area is 115 Å². The van der Waals surface area contributed by atoms with Crippen molar-refractivity contribution in [2.45, 2.75) is 58.2 Å². The molecule has 1 unspecified atom stereocenters. The summed E-state index contributed by atoms with van der Waals surface area (Å²) in [5.74, 6) is 0. The van der Waals surface area contributed by atoms with Gasteiger partial charge in [-0.05, 0) is 41.7 Å². The second-order valence-corrected chi connectivity index (χ2v) is 6.25. The number of hydrogen-bond acceptors (Lipinski definition) is 3. The Morgan fingerprint density at radius 3 is 2.72 bits per heavy atom. The third kappa shape index (κ3) is 2.95. The monoisotopic (exact) mass is 266 g/mol. The molecule has 3 heteroatoms. The van der Waals surface area contributed by atoms with Crippen molar-refractivity contribution in [3.63, 3.8) is 0 Å². The maximum absolute atomic E-state index is 3.80. The summed E-state index contributed by atoms with van der Waals surface area (Å²) in [6.07, 6.45) is 3.68. The molecule has 1 aliphatic heterocycles. The highest BCUT2D eigenvalue weighted by Crippen LogP contribution is 2.25. The van der Waals surface area contributed by atoms with E-state index in [1.807, 2.05) is 0 Å². The molecule has 2 heterocycles. The van der Waals surface area contributed by atoms with Gasteiger partial charge in [0, 0.05) is 31.2 Å². The molecule has 102 valence electrons. The Bertz CT molecular complexity index is 343. The van der Waals surface area contributed by atoms with Crippen LogP contribution in [-0.4, -0.2) is 29.6 Å². The minimum Gasteiger partial charge on any atom is -0.308 e. The number of rotatable bonds is 5. The Balaban J connectivity index is 2.07. The molecule has 1 saturated heterocycles. The Morgan fingerprint density at radius 1 is 1.39 bits per heavy atom. The normalized spacial score (nSPS) is 24.3. The van der Waals surface area contributed by atoms with E-state index in [1.165, 1.54) is 31.4 Å². The molecular formula is C15H26N2S. The molecule has 0 saturated carbocycles. The van der Waals surface area contributed by atoms with Gasteiger partial charge in [-0.1, -0.05) is 20.8 Å². The summed E-state index contributed by atoms with van der Waals surface area (Å²) in [6.45, 7) is 10.4.